The van der Waals surface area contributed by atoms with Crippen LogP contribution in [0.15, 0.2) is 36.4 Å². The van der Waals surface area contributed by atoms with Gasteiger partial charge in [0, 0.05) is 5.56 Å². The molecule has 0 saturated carbocycles. The van der Waals surface area contributed by atoms with Crippen LogP contribution in [0.4, 0.5) is 0 Å². The SMILES string of the molecule is CCCCCC(C)c1c(C(=O)Cl)ccc2ccccc12. The van der Waals surface area contributed by atoms with E-state index in [2.05, 4.69) is 26.0 Å². The second kappa shape index (κ2) is 6.90. The minimum atomic E-state index is -0.354. The molecule has 0 bridgehead atoms. The van der Waals surface area contributed by atoms with Crippen molar-refractivity contribution < 1.29 is 4.79 Å². The van der Waals surface area contributed by atoms with Crippen molar-refractivity contribution in [3.8, 4) is 0 Å². The molecule has 2 aromatic carbocycles. The molecule has 1 nitrogen and oxygen atoms in total. The highest BCUT2D eigenvalue weighted by Gasteiger charge is 2.17. The number of hydrogen-bond acceptors (Lipinski definition) is 1. The van der Waals surface area contributed by atoms with E-state index in [1.165, 1.54) is 24.6 Å². The number of carbonyl (C=O) groups excluding carboxylic acids is 1. The Hall–Kier alpha value is -1.34. The first-order valence-corrected chi connectivity index (χ1v) is 7.74. The maximum absolute atomic E-state index is 11.7. The number of fused-ring (bicyclic) bond motifs is 1. The molecule has 0 amide bonds. The summed E-state index contributed by atoms with van der Waals surface area (Å²) in [6, 6.07) is 12.1. The van der Waals surface area contributed by atoms with Gasteiger partial charge in [0.15, 0.2) is 0 Å². The molecule has 0 radical (unpaired) electrons. The second-order valence-electron chi connectivity index (χ2n) is 5.42. The summed E-state index contributed by atoms with van der Waals surface area (Å²) >= 11 is 5.78. The predicted molar refractivity (Wildman–Crippen MR) is 86.7 cm³/mol. The lowest BCUT2D eigenvalue weighted by Gasteiger charge is -2.17. The van der Waals surface area contributed by atoms with Gasteiger partial charge in [-0.3, -0.25) is 4.79 Å². The van der Waals surface area contributed by atoms with Crippen LogP contribution >= 0.6 is 11.6 Å². The zero-order chi connectivity index (χ0) is 14.5. The molecule has 0 aliphatic carbocycles. The topological polar surface area (TPSA) is 17.1 Å². The van der Waals surface area contributed by atoms with E-state index in [0.717, 1.165) is 17.4 Å². The van der Waals surface area contributed by atoms with Crippen LogP contribution in [0.3, 0.4) is 0 Å². The Balaban J connectivity index is 2.46. The van der Waals surface area contributed by atoms with E-state index in [9.17, 15) is 4.79 Å². The van der Waals surface area contributed by atoms with E-state index >= 15 is 0 Å². The summed E-state index contributed by atoms with van der Waals surface area (Å²) in [4.78, 5) is 11.7. The molecule has 0 aliphatic heterocycles. The van der Waals surface area contributed by atoms with Crippen LogP contribution in [0.5, 0.6) is 0 Å². The van der Waals surface area contributed by atoms with Crippen LogP contribution < -0.4 is 0 Å². The van der Waals surface area contributed by atoms with Crippen molar-refractivity contribution in [3.05, 3.63) is 47.5 Å². The van der Waals surface area contributed by atoms with Crippen LogP contribution in [0.2, 0.25) is 0 Å². The van der Waals surface area contributed by atoms with Crippen LogP contribution in [0.1, 0.15) is 61.4 Å². The van der Waals surface area contributed by atoms with Crippen molar-refractivity contribution in [3.63, 3.8) is 0 Å². The van der Waals surface area contributed by atoms with Crippen molar-refractivity contribution in [2.45, 2.75) is 45.4 Å². The quantitative estimate of drug-likeness (QED) is 0.477. The average Bonchev–Trinajstić information content (AvgIpc) is 2.46. The molecule has 1 unspecified atom stereocenters. The Labute approximate surface area is 125 Å². The van der Waals surface area contributed by atoms with Gasteiger partial charge in [0.1, 0.15) is 0 Å². The van der Waals surface area contributed by atoms with E-state index in [1.54, 1.807) is 0 Å². The summed E-state index contributed by atoms with van der Waals surface area (Å²) in [6.07, 6.45) is 4.73. The smallest absolute Gasteiger partial charge is 0.252 e. The van der Waals surface area contributed by atoms with Gasteiger partial charge in [-0.2, -0.15) is 0 Å². The maximum Gasteiger partial charge on any atom is 0.252 e. The van der Waals surface area contributed by atoms with Gasteiger partial charge in [-0.1, -0.05) is 63.4 Å². The molecular weight excluding hydrogens is 268 g/mol. The normalized spacial score (nSPS) is 12.6. The molecule has 0 fully saturated rings. The molecule has 0 aromatic heterocycles. The van der Waals surface area contributed by atoms with Crippen LogP contribution in [0.25, 0.3) is 10.8 Å². The molecule has 0 aliphatic rings. The summed E-state index contributed by atoms with van der Waals surface area (Å²) < 4.78 is 0. The summed E-state index contributed by atoms with van der Waals surface area (Å²) in [5.74, 6) is 0.352. The fourth-order valence-corrected chi connectivity index (χ4v) is 3.01. The first kappa shape index (κ1) is 15.1. The van der Waals surface area contributed by atoms with Gasteiger partial charge in [0.25, 0.3) is 5.24 Å². The molecule has 1 atom stereocenters. The third kappa shape index (κ3) is 3.21. The number of benzene rings is 2. The molecule has 0 N–H and O–H groups in total. The molecule has 2 rings (SSSR count). The Morgan fingerprint density at radius 3 is 2.60 bits per heavy atom. The van der Waals surface area contributed by atoms with Crippen molar-refractivity contribution in [1.82, 2.24) is 0 Å². The van der Waals surface area contributed by atoms with Crippen molar-refractivity contribution in [2.24, 2.45) is 0 Å². The molecular formula is C18H21ClO. The minimum absolute atomic E-state index is 0.352. The summed E-state index contributed by atoms with van der Waals surface area (Å²) in [5.41, 5.74) is 1.77. The van der Waals surface area contributed by atoms with Gasteiger partial charge in [-0.05, 0) is 46.3 Å². The molecule has 2 heteroatoms. The highest BCUT2D eigenvalue weighted by Crippen LogP contribution is 2.33. The van der Waals surface area contributed by atoms with Crippen LogP contribution in [-0.2, 0) is 0 Å². The number of carbonyl (C=O) groups is 1. The third-order valence-corrected chi connectivity index (χ3v) is 4.12. The largest absolute Gasteiger partial charge is 0.276 e. The predicted octanol–water partition coefficient (Wildman–Crippen LogP) is 5.90. The zero-order valence-corrected chi connectivity index (χ0v) is 12.9. The third-order valence-electron chi connectivity index (χ3n) is 3.92. The monoisotopic (exact) mass is 288 g/mol. The zero-order valence-electron chi connectivity index (χ0n) is 12.2. The molecule has 2 aromatic rings. The second-order valence-corrected chi connectivity index (χ2v) is 5.76. The van der Waals surface area contributed by atoms with Gasteiger partial charge < -0.3 is 0 Å². The first-order chi connectivity index (χ1) is 9.65. The van der Waals surface area contributed by atoms with Crippen molar-refractivity contribution >= 4 is 27.6 Å². The highest BCUT2D eigenvalue weighted by molar-refractivity contribution is 6.68. The van der Waals surface area contributed by atoms with Crippen LogP contribution in [-0.4, -0.2) is 5.24 Å². The lowest BCUT2D eigenvalue weighted by Crippen LogP contribution is -2.03. The van der Waals surface area contributed by atoms with E-state index in [-0.39, 0.29) is 5.24 Å². The fraction of sp³-hybridized carbons (Fsp3) is 0.389. The lowest BCUT2D eigenvalue weighted by atomic mass is 9.87. The molecule has 0 saturated heterocycles. The Bertz CT molecular complexity index is 603. The Morgan fingerprint density at radius 1 is 1.15 bits per heavy atom. The highest BCUT2D eigenvalue weighted by atomic mass is 35.5. The van der Waals surface area contributed by atoms with Crippen molar-refractivity contribution in [1.29, 1.82) is 0 Å². The lowest BCUT2D eigenvalue weighted by molar-refractivity contribution is 0.108. The molecule has 20 heavy (non-hydrogen) atoms. The van der Waals surface area contributed by atoms with E-state index in [1.807, 2.05) is 24.3 Å². The minimum Gasteiger partial charge on any atom is -0.276 e. The number of unbranched alkanes of at least 4 members (excludes halogenated alkanes) is 2. The molecule has 106 valence electrons. The van der Waals surface area contributed by atoms with Gasteiger partial charge in [-0.15, -0.1) is 0 Å². The number of rotatable bonds is 6. The molecule has 0 spiro atoms. The van der Waals surface area contributed by atoms with Gasteiger partial charge in [0.2, 0.25) is 0 Å². The van der Waals surface area contributed by atoms with Crippen molar-refractivity contribution in [2.75, 3.05) is 0 Å². The molecule has 0 heterocycles. The Morgan fingerprint density at radius 2 is 1.90 bits per heavy atom. The summed E-state index contributed by atoms with van der Waals surface area (Å²) in [6.45, 7) is 4.40. The summed E-state index contributed by atoms with van der Waals surface area (Å²) in [7, 11) is 0. The van der Waals surface area contributed by atoms with Crippen LogP contribution in [0, 0.1) is 0 Å². The average molecular weight is 289 g/mol. The van der Waals surface area contributed by atoms with Gasteiger partial charge >= 0.3 is 0 Å². The fourth-order valence-electron chi connectivity index (χ4n) is 2.84. The van der Waals surface area contributed by atoms with Gasteiger partial charge in [-0.25, -0.2) is 0 Å². The summed E-state index contributed by atoms with van der Waals surface area (Å²) in [5, 5.41) is 1.97. The standard InChI is InChI=1S/C18H21ClO/c1-3-4-5-8-13(2)17-15-10-7-6-9-14(15)11-12-16(17)18(19)20/h6-7,9-13H,3-5,8H2,1-2H3. The van der Waals surface area contributed by atoms with E-state index < -0.39 is 0 Å². The Kier molecular flexibility index (Phi) is 5.19. The number of hydrogen-bond donors (Lipinski definition) is 0. The maximum atomic E-state index is 11.7. The van der Waals surface area contributed by atoms with E-state index in [4.69, 9.17) is 11.6 Å². The number of halogens is 1. The van der Waals surface area contributed by atoms with Gasteiger partial charge in [0.05, 0.1) is 0 Å². The first-order valence-electron chi connectivity index (χ1n) is 7.36. The van der Waals surface area contributed by atoms with E-state index in [0.29, 0.717) is 11.5 Å².